The van der Waals surface area contributed by atoms with Gasteiger partial charge in [-0.3, -0.25) is 15.0 Å². The van der Waals surface area contributed by atoms with Gasteiger partial charge in [0.2, 0.25) is 5.82 Å². The minimum atomic E-state index is -0.670. The molecular weight excluding hydrogens is 367 g/mol. The number of carbonyl (C=O) groups excluding carboxylic acids is 1. The zero-order valence-electron chi connectivity index (χ0n) is 15.4. The number of piperidine rings is 1. The molecule has 2 aromatic rings. The van der Waals surface area contributed by atoms with Gasteiger partial charge in [-0.05, 0) is 30.5 Å². The van der Waals surface area contributed by atoms with E-state index in [0.717, 1.165) is 38.0 Å². The van der Waals surface area contributed by atoms with Crippen LogP contribution in [0.15, 0.2) is 36.5 Å². The van der Waals surface area contributed by atoms with Gasteiger partial charge >= 0.3 is 11.7 Å². The Morgan fingerprint density at radius 1 is 1.36 bits per heavy atom. The molecule has 1 saturated heterocycles. The average Bonchev–Trinajstić information content (AvgIpc) is 2.70. The molecule has 0 aliphatic carbocycles. The van der Waals surface area contributed by atoms with Crippen molar-refractivity contribution in [3.05, 3.63) is 63.6 Å². The predicted octanol–water partition coefficient (Wildman–Crippen LogP) is 2.99. The molecule has 1 aromatic carbocycles. The summed E-state index contributed by atoms with van der Waals surface area (Å²) in [6.07, 6.45) is 2.85. The molecule has 0 spiro atoms. The van der Waals surface area contributed by atoms with E-state index in [9.17, 15) is 19.3 Å². The minimum Gasteiger partial charge on any atom is -0.465 e. The minimum absolute atomic E-state index is 0.0360. The molecule has 1 aromatic heterocycles. The smallest absolute Gasteiger partial charge is 0.339 e. The second-order valence-electron chi connectivity index (χ2n) is 6.66. The van der Waals surface area contributed by atoms with Crippen molar-refractivity contribution in [2.24, 2.45) is 0 Å². The molecule has 3 rings (SSSR count). The maximum atomic E-state index is 13.0. The molecule has 0 unspecified atom stereocenters. The van der Waals surface area contributed by atoms with Crippen LogP contribution in [-0.4, -0.2) is 47.0 Å². The second-order valence-corrected chi connectivity index (χ2v) is 6.66. The normalized spacial score (nSPS) is 15.2. The van der Waals surface area contributed by atoms with E-state index in [-0.39, 0.29) is 28.9 Å². The van der Waals surface area contributed by atoms with E-state index in [1.807, 2.05) is 0 Å². The van der Waals surface area contributed by atoms with Crippen molar-refractivity contribution in [3.8, 4) is 0 Å². The molecule has 0 bridgehead atoms. The summed E-state index contributed by atoms with van der Waals surface area (Å²) in [4.78, 5) is 28.7. The zero-order valence-corrected chi connectivity index (χ0v) is 15.4. The molecule has 0 amide bonds. The number of anilines is 1. The number of pyridine rings is 1. The van der Waals surface area contributed by atoms with Crippen LogP contribution in [0.1, 0.15) is 28.8 Å². The van der Waals surface area contributed by atoms with Crippen molar-refractivity contribution >= 4 is 17.5 Å². The van der Waals surface area contributed by atoms with Crippen molar-refractivity contribution in [2.75, 3.05) is 25.5 Å². The van der Waals surface area contributed by atoms with Gasteiger partial charge in [0.25, 0.3) is 0 Å². The molecule has 9 heteroatoms. The number of nitro groups is 1. The lowest BCUT2D eigenvalue weighted by Crippen LogP contribution is -2.38. The van der Waals surface area contributed by atoms with Gasteiger partial charge in [0.1, 0.15) is 5.82 Å². The third-order valence-electron chi connectivity index (χ3n) is 4.73. The van der Waals surface area contributed by atoms with Crippen LogP contribution in [0.2, 0.25) is 0 Å². The number of nitrogens with one attached hydrogen (secondary N) is 1. The van der Waals surface area contributed by atoms with E-state index in [1.165, 1.54) is 31.5 Å². The highest BCUT2D eigenvalue weighted by Gasteiger charge is 2.24. The number of ether oxygens (including phenoxy) is 1. The number of hydrogen-bond acceptors (Lipinski definition) is 7. The number of nitrogens with zero attached hydrogens (tertiary/aromatic N) is 3. The lowest BCUT2D eigenvalue weighted by molar-refractivity contribution is -0.384. The fourth-order valence-electron chi connectivity index (χ4n) is 3.21. The molecule has 0 atom stereocenters. The molecule has 0 saturated carbocycles. The van der Waals surface area contributed by atoms with Crippen LogP contribution in [-0.2, 0) is 11.3 Å². The van der Waals surface area contributed by atoms with Crippen molar-refractivity contribution < 1.29 is 18.8 Å². The third-order valence-corrected chi connectivity index (χ3v) is 4.73. The van der Waals surface area contributed by atoms with Gasteiger partial charge in [0.05, 0.1) is 17.6 Å². The molecule has 1 aliphatic rings. The van der Waals surface area contributed by atoms with Gasteiger partial charge in [-0.2, -0.15) is 0 Å². The maximum absolute atomic E-state index is 13.0. The number of methoxy groups -OCH3 is 1. The van der Waals surface area contributed by atoms with E-state index in [4.69, 9.17) is 0 Å². The van der Waals surface area contributed by atoms with Crippen molar-refractivity contribution in [3.63, 3.8) is 0 Å². The van der Waals surface area contributed by atoms with E-state index in [2.05, 4.69) is 19.9 Å². The Bertz CT molecular complexity index is 852. The largest absolute Gasteiger partial charge is 0.465 e. The van der Waals surface area contributed by atoms with Crippen molar-refractivity contribution in [1.82, 2.24) is 9.88 Å². The topological polar surface area (TPSA) is 97.6 Å². The number of esters is 1. The Kier molecular flexibility index (Phi) is 6.15. The number of hydrogen-bond donors (Lipinski definition) is 1. The summed E-state index contributed by atoms with van der Waals surface area (Å²) in [5.74, 6) is -0.773. The van der Waals surface area contributed by atoms with Gasteiger partial charge in [-0.25, -0.2) is 14.2 Å². The van der Waals surface area contributed by atoms with Gasteiger partial charge in [0, 0.05) is 37.9 Å². The van der Waals surface area contributed by atoms with Crippen molar-refractivity contribution in [1.29, 1.82) is 0 Å². The van der Waals surface area contributed by atoms with Gasteiger partial charge in [-0.1, -0.05) is 12.1 Å². The van der Waals surface area contributed by atoms with E-state index >= 15 is 0 Å². The van der Waals surface area contributed by atoms with Crippen LogP contribution in [0.5, 0.6) is 0 Å². The summed E-state index contributed by atoms with van der Waals surface area (Å²) in [7, 11) is 1.21. The van der Waals surface area contributed by atoms with Crippen LogP contribution in [0.3, 0.4) is 0 Å². The number of benzene rings is 1. The first kappa shape index (κ1) is 19.7. The first-order valence-corrected chi connectivity index (χ1v) is 8.92. The highest BCUT2D eigenvalue weighted by Crippen LogP contribution is 2.26. The lowest BCUT2D eigenvalue weighted by atomic mass is 10.0. The van der Waals surface area contributed by atoms with Crippen LogP contribution >= 0.6 is 0 Å². The summed E-state index contributed by atoms with van der Waals surface area (Å²) in [6.45, 7) is 2.35. The summed E-state index contributed by atoms with van der Waals surface area (Å²) >= 11 is 0. The van der Waals surface area contributed by atoms with E-state index in [1.54, 1.807) is 12.1 Å². The Labute approximate surface area is 161 Å². The molecule has 1 N–H and O–H groups in total. The fraction of sp³-hybridized carbons (Fsp3) is 0.368. The van der Waals surface area contributed by atoms with Gasteiger partial charge < -0.3 is 10.1 Å². The van der Waals surface area contributed by atoms with Crippen molar-refractivity contribution in [2.45, 2.75) is 25.4 Å². The quantitative estimate of drug-likeness (QED) is 0.461. The maximum Gasteiger partial charge on any atom is 0.339 e. The lowest BCUT2D eigenvalue weighted by Gasteiger charge is -2.32. The molecule has 28 heavy (non-hydrogen) atoms. The number of aromatic nitrogens is 1. The van der Waals surface area contributed by atoms with Crippen LogP contribution in [0.25, 0.3) is 0 Å². The van der Waals surface area contributed by atoms with E-state index < -0.39 is 10.9 Å². The monoisotopic (exact) mass is 388 g/mol. The van der Waals surface area contributed by atoms with Gasteiger partial charge in [-0.15, -0.1) is 0 Å². The fourth-order valence-corrected chi connectivity index (χ4v) is 3.21. The van der Waals surface area contributed by atoms with Crippen LogP contribution < -0.4 is 5.32 Å². The molecule has 0 radical (unpaired) electrons. The molecule has 1 fully saturated rings. The number of carbonyl (C=O) groups is 1. The highest BCUT2D eigenvalue weighted by atomic mass is 19.1. The molecule has 2 heterocycles. The van der Waals surface area contributed by atoms with Gasteiger partial charge in [0.15, 0.2) is 0 Å². The second kappa shape index (κ2) is 8.75. The standard InChI is InChI=1S/C19H21FN4O4/c1-28-19(25)14-10-17(24(26)27)18(21-11-14)22-16-6-8-23(9-7-16)12-13-2-4-15(20)5-3-13/h2-5,10-11,16H,6-9,12H2,1H3,(H,21,22). The molecule has 148 valence electrons. The molecule has 8 nitrogen and oxygen atoms in total. The van der Waals surface area contributed by atoms with E-state index in [0.29, 0.717) is 0 Å². The number of halogens is 1. The SMILES string of the molecule is COC(=O)c1cnc(NC2CCN(Cc3ccc(F)cc3)CC2)c([N+](=O)[O-])c1. The summed E-state index contributed by atoms with van der Waals surface area (Å²) < 4.78 is 17.6. The average molecular weight is 388 g/mol. The van der Waals surface area contributed by atoms with Crippen LogP contribution in [0.4, 0.5) is 15.9 Å². The molecular formula is C19H21FN4O4. The first-order valence-electron chi connectivity index (χ1n) is 8.92. The first-order chi connectivity index (χ1) is 13.5. The van der Waals surface area contributed by atoms with Crippen LogP contribution in [0, 0.1) is 15.9 Å². The summed E-state index contributed by atoms with van der Waals surface area (Å²) in [6, 6.07) is 7.66. The highest BCUT2D eigenvalue weighted by molar-refractivity contribution is 5.90. The molecule has 1 aliphatic heterocycles. The Hall–Kier alpha value is -3.07. The number of likely N-dealkylation sites (tertiary alicyclic amines) is 1. The zero-order chi connectivity index (χ0) is 20.1. The Morgan fingerprint density at radius 3 is 2.64 bits per heavy atom. The third kappa shape index (κ3) is 4.80. The predicted molar refractivity (Wildman–Crippen MR) is 101 cm³/mol. The Morgan fingerprint density at radius 2 is 2.04 bits per heavy atom. The summed E-state index contributed by atoms with van der Waals surface area (Å²) in [5, 5.41) is 14.5. The number of rotatable bonds is 6. The Balaban J connectivity index is 1.60. The summed E-state index contributed by atoms with van der Waals surface area (Å²) in [5.41, 5.74) is 0.828.